The smallest absolute Gasteiger partial charge is 0.411 e. The molecule has 3 rings (SSSR count). The summed E-state index contributed by atoms with van der Waals surface area (Å²) in [5, 5.41) is 21.9. The van der Waals surface area contributed by atoms with Gasteiger partial charge in [0.2, 0.25) is 11.6 Å². The van der Waals surface area contributed by atoms with Crippen molar-refractivity contribution in [3.63, 3.8) is 0 Å². The second-order valence-electron chi connectivity index (χ2n) is 4.37. The van der Waals surface area contributed by atoms with Gasteiger partial charge in [-0.15, -0.1) is 10.2 Å². The summed E-state index contributed by atoms with van der Waals surface area (Å²) >= 11 is 3.48. The third-order valence-electron chi connectivity index (χ3n) is 2.95. The third-order valence-corrected chi connectivity index (χ3v) is 3.72. The van der Waals surface area contributed by atoms with Gasteiger partial charge in [0.05, 0.1) is 0 Å². The van der Waals surface area contributed by atoms with E-state index in [1.165, 1.54) is 4.40 Å². The summed E-state index contributed by atoms with van der Waals surface area (Å²) in [6.07, 6.45) is 1.93. The second kappa shape index (κ2) is 5.98. The van der Waals surface area contributed by atoms with Gasteiger partial charge in [-0.2, -0.15) is 0 Å². The van der Waals surface area contributed by atoms with E-state index in [1.54, 1.807) is 12.4 Å². The maximum Gasteiger partial charge on any atom is 0.411 e. The van der Waals surface area contributed by atoms with Gasteiger partial charge < -0.3 is 10.4 Å². The van der Waals surface area contributed by atoms with Crippen LogP contribution in [0.5, 0.6) is 0 Å². The standard InChI is InChI=1S/C13H11BrN6O2/c14-9-4-2-1-3-8(9)7-16-10-11-18-19-12(17-13(21)22)20(11)6-5-15-10/h1-6H,7H2,(H,15,16)(H,17,19)(H,21,22). The maximum absolute atomic E-state index is 10.7. The predicted molar refractivity (Wildman–Crippen MR) is 83.9 cm³/mol. The molecule has 2 aromatic heterocycles. The number of halogens is 1. The minimum absolute atomic E-state index is 0.119. The number of anilines is 2. The van der Waals surface area contributed by atoms with Gasteiger partial charge in [-0.25, -0.2) is 9.78 Å². The van der Waals surface area contributed by atoms with Crippen LogP contribution < -0.4 is 10.6 Å². The summed E-state index contributed by atoms with van der Waals surface area (Å²) in [5.74, 6) is 0.637. The number of hydrogen-bond donors (Lipinski definition) is 3. The van der Waals surface area contributed by atoms with Crippen molar-refractivity contribution in [1.82, 2.24) is 19.6 Å². The van der Waals surface area contributed by atoms with Crippen LogP contribution in [0, 0.1) is 0 Å². The van der Waals surface area contributed by atoms with Crippen LogP contribution in [0.3, 0.4) is 0 Å². The van der Waals surface area contributed by atoms with E-state index in [0.717, 1.165) is 10.0 Å². The highest BCUT2D eigenvalue weighted by Crippen LogP contribution is 2.19. The molecule has 0 bridgehead atoms. The highest BCUT2D eigenvalue weighted by Gasteiger charge is 2.12. The fourth-order valence-electron chi connectivity index (χ4n) is 1.95. The highest BCUT2D eigenvalue weighted by atomic mass is 79.9. The first-order valence-corrected chi connectivity index (χ1v) is 7.11. The monoisotopic (exact) mass is 362 g/mol. The van der Waals surface area contributed by atoms with Gasteiger partial charge >= 0.3 is 6.09 Å². The topological polar surface area (TPSA) is 104 Å². The molecule has 0 aliphatic heterocycles. The van der Waals surface area contributed by atoms with Crippen LogP contribution in [0.15, 0.2) is 41.1 Å². The lowest BCUT2D eigenvalue weighted by Gasteiger charge is -2.08. The first-order chi connectivity index (χ1) is 10.6. The zero-order valence-corrected chi connectivity index (χ0v) is 12.8. The van der Waals surface area contributed by atoms with Crippen molar-refractivity contribution in [3.8, 4) is 0 Å². The van der Waals surface area contributed by atoms with E-state index in [2.05, 4.69) is 41.7 Å². The lowest BCUT2D eigenvalue weighted by molar-refractivity contribution is 0.209. The number of carboxylic acid groups (broad SMARTS) is 1. The van der Waals surface area contributed by atoms with Crippen molar-refractivity contribution >= 4 is 39.4 Å². The zero-order valence-electron chi connectivity index (χ0n) is 11.2. The molecular weight excluding hydrogens is 352 g/mol. The van der Waals surface area contributed by atoms with Gasteiger partial charge in [-0.1, -0.05) is 34.1 Å². The summed E-state index contributed by atoms with van der Waals surface area (Å²) in [5.41, 5.74) is 1.51. The minimum Gasteiger partial charge on any atom is -0.465 e. The van der Waals surface area contributed by atoms with Crippen molar-refractivity contribution in [1.29, 1.82) is 0 Å². The van der Waals surface area contributed by atoms with Crippen molar-refractivity contribution < 1.29 is 9.90 Å². The summed E-state index contributed by atoms with van der Waals surface area (Å²) in [4.78, 5) is 14.9. The molecule has 0 atom stereocenters. The lowest BCUT2D eigenvalue weighted by atomic mass is 10.2. The molecule has 0 aliphatic rings. The van der Waals surface area contributed by atoms with Gasteiger partial charge in [0.1, 0.15) is 0 Å². The number of rotatable bonds is 4. The molecule has 0 saturated carbocycles. The van der Waals surface area contributed by atoms with E-state index in [4.69, 9.17) is 5.11 Å². The average Bonchev–Trinajstić information content (AvgIpc) is 2.90. The first kappa shape index (κ1) is 14.3. The van der Waals surface area contributed by atoms with Crippen LogP contribution in [-0.2, 0) is 6.54 Å². The van der Waals surface area contributed by atoms with Crippen LogP contribution in [0.1, 0.15) is 5.56 Å². The first-order valence-electron chi connectivity index (χ1n) is 6.32. The molecule has 0 aliphatic carbocycles. The van der Waals surface area contributed by atoms with E-state index < -0.39 is 6.09 Å². The number of amides is 1. The second-order valence-corrected chi connectivity index (χ2v) is 5.22. The van der Waals surface area contributed by atoms with Gasteiger partial charge in [0, 0.05) is 23.4 Å². The number of hydrogen-bond acceptors (Lipinski definition) is 5. The molecule has 1 amide bonds. The van der Waals surface area contributed by atoms with E-state index >= 15 is 0 Å². The summed E-state index contributed by atoms with van der Waals surface area (Å²) in [6.45, 7) is 0.544. The van der Waals surface area contributed by atoms with Gasteiger partial charge in [0.25, 0.3) is 0 Å². The van der Waals surface area contributed by atoms with E-state index in [1.807, 2.05) is 24.3 Å². The fraction of sp³-hybridized carbons (Fsp3) is 0.0769. The number of fused-ring (bicyclic) bond motifs is 1. The molecule has 1 aromatic carbocycles. The minimum atomic E-state index is -1.20. The van der Waals surface area contributed by atoms with Crippen molar-refractivity contribution in [2.45, 2.75) is 6.54 Å². The van der Waals surface area contributed by atoms with Gasteiger partial charge in [-0.3, -0.25) is 9.72 Å². The Morgan fingerprint density at radius 2 is 2.14 bits per heavy atom. The predicted octanol–water partition coefficient (Wildman–Crippen LogP) is 2.59. The van der Waals surface area contributed by atoms with E-state index in [-0.39, 0.29) is 5.95 Å². The lowest BCUT2D eigenvalue weighted by Crippen LogP contribution is -2.10. The number of aromatic nitrogens is 4. The Bertz CT molecular complexity index is 834. The van der Waals surface area contributed by atoms with E-state index in [0.29, 0.717) is 18.0 Å². The molecular formula is C13H11BrN6O2. The molecule has 22 heavy (non-hydrogen) atoms. The Morgan fingerprint density at radius 3 is 2.91 bits per heavy atom. The molecule has 112 valence electrons. The molecule has 2 heterocycles. The number of benzene rings is 1. The van der Waals surface area contributed by atoms with Crippen molar-refractivity contribution in [3.05, 3.63) is 46.7 Å². The maximum atomic E-state index is 10.7. The van der Waals surface area contributed by atoms with Crippen molar-refractivity contribution in [2.75, 3.05) is 10.6 Å². The molecule has 3 aromatic rings. The average molecular weight is 363 g/mol. The molecule has 0 saturated heterocycles. The Morgan fingerprint density at radius 1 is 1.32 bits per heavy atom. The molecule has 3 N–H and O–H groups in total. The molecule has 9 heteroatoms. The summed E-state index contributed by atoms with van der Waals surface area (Å²) in [7, 11) is 0. The Kier molecular flexibility index (Phi) is 3.88. The third kappa shape index (κ3) is 2.84. The number of nitrogens with zero attached hydrogens (tertiary/aromatic N) is 4. The van der Waals surface area contributed by atoms with Crippen molar-refractivity contribution in [2.24, 2.45) is 0 Å². The summed E-state index contributed by atoms with van der Waals surface area (Å²) in [6, 6.07) is 7.83. The van der Waals surface area contributed by atoms with Crippen LogP contribution in [0.4, 0.5) is 16.6 Å². The van der Waals surface area contributed by atoms with Crippen LogP contribution in [0.2, 0.25) is 0 Å². The van der Waals surface area contributed by atoms with Gasteiger partial charge in [0.15, 0.2) is 5.82 Å². The van der Waals surface area contributed by atoms with E-state index in [9.17, 15) is 4.79 Å². The SMILES string of the molecule is O=C(O)Nc1nnc2c(NCc3ccccc3Br)nccn12. The molecule has 8 nitrogen and oxygen atoms in total. The Labute approximate surface area is 133 Å². The largest absolute Gasteiger partial charge is 0.465 e. The fourth-order valence-corrected chi connectivity index (χ4v) is 2.38. The molecule has 0 radical (unpaired) electrons. The molecule has 0 fully saturated rings. The Hall–Kier alpha value is -2.68. The van der Waals surface area contributed by atoms with Crippen LogP contribution in [-0.4, -0.2) is 30.8 Å². The van der Waals surface area contributed by atoms with Crippen LogP contribution in [0.25, 0.3) is 5.65 Å². The number of carbonyl (C=O) groups is 1. The summed E-state index contributed by atoms with van der Waals surface area (Å²) < 4.78 is 2.51. The molecule has 0 spiro atoms. The number of nitrogens with one attached hydrogen (secondary N) is 2. The Balaban J connectivity index is 1.87. The van der Waals surface area contributed by atoms with Gasteiger partial charge in [-0.05, 0) is 11.6 Å². The quantitative estimate of drug-likeness (QED) is 0.658. The normalized spacial score (nSPS) is 10.6. The molecule has 0 unspecified atom stereocenters. The van der Waals surface area contributed by atoms with Crippen LogP contribution >= 0.6 is 15.9 Å². The zero-order chi connectivity index (χ0) is 15.5. The highest BCUT2D eigenvalue weighted by molar-refractivity contribution is 9.10.